The molecule has 0 saturated heterocycles. The smallest absolute Gasteiger partial charge is 0.0667 e. The second-order valence-corrected chi connectivity index (χ2v) is 5.20. The lowest BCUT2D eigenvalue weighted by molar-refractivity contribution is 0.116. The van der Waals surface area contributed by atoms with E-state index >= 15 is 0 Å². The maximum atomic E-state index is 9.90. The van der Waals surface area contributed by atoms with Crippen molar-refractivity contribution in [3.8, 4) is 0 Å². The van der Waals surface area contributed by atoms with Crippen LogP contribution >= 0.6 is 0 Å². The molecule has 0 spiro atoms. The van der Waals surface area contributed by atoms with Crippen molar-refractivity contribution in [1.29, 1.82) is 0 Å². The summed E-state index contributed by atoms with van der Waals surface area (Å²) in [5.74, 6) is 0. The Labute approximate surface area is 110 Å². The van der Waals surface area contributed by atoms with E-state index in [0.29, 0.717) is 6.54 Å². The molecule has 1 aromatic rings. The lowest BCUT2D eigenvalue weighted by Crippen LogP contribution is -2.50. The molecule has 0 aromatic heterocycles. The summed E-state index contributed by atoms with van der Waals surface area (Å²) < 4.78 is 0. The highest BCUT2D eigenvalue weighted by Crippen LogP contribution is 2.41. The van der Waals surface area contributed by atoms with Crippen molar-refractivity contribution < 1.29 is 5.11 Å². The average molecular weight is 245 g/mol. The summed E-state index contributed by atoms with van der Waals surface area (Å²) in [7, 11) is 0. The van der Waals surface area contributed by atoms with Gasteiger partial charge in [0, 0.05) is 12.1 Å². The Morgan fingerprint density at radius 1 is 1.33 bits per heavy atom. The zero-order valence-corrected chi connectivity index (χ0v) is 10.9. The topological polar surface area (TPSA) is 32.3 Å². The minimum Gasteiger partial charge on any atom is -0.392 e. The highest BCUT2D eigenvalue weighted by Gasteiger charge is 2.38. The van der Waals surface area contributed by atoms with Crippen LogP contribution in [0.1, 0.15) is 37.7 Å². The zero-order chi connectivity index (χ0) is 12.8. The van der Waals surface area contributed by atoms with E-state index in [9.17, 15) is 5.11 Å². The van der Waals surface area contributed by atoms with Crippen LogP contribution in [0.4, 0.5) is 0 Å². The molecule has 0 heterocycles. The number of nitrogens with one attached hydrogen (secondary N) is 1. The fourth-order valence-electron chi connectivity index (χ4n) is 2.58. The maximum Gasteiger partial charge on any atom is 0.0667 e. The Kier molecular flexibility index (Phi) is 4.56. The van der Waals surface area contributed by atoms with E-state index in [-0.39, 0.29) is 11.6 Å². The quantitative estimate of drug-likeness (QED) is 0.724. The van der Waals surface area contributed by atoms with Gasteiger partial charge in [-0.15, -0.1) is 6.58 Å². The van der Waals surface area contributed by atoms with E-state index in [0.717, 1.165) is 12.8 Å². The fraction of sp³-hybridized carbons (Fsp3) is 0.500. The Morgan fingerprint density at radius 2 is 2.06 bits per heavy atom. The molecule has 2 nitrogen and oxygen atoms in total. The standard InChI is InChI=1S/C16H23NO/c1-2-3-10-15(18)13-17-16(11-7-12-16)14-8-5-4-6-9-14/h2,4-6,8-9,15,17-18H,1,3,7,10-13H2. The number of aliphatic hydroxyl groups is 1. The van der Waals surface area contributed by atoms with Crippen molar-refractivity contribution in [2.45, 2.75) is 43.7 Å². The van der Waals surface area contributed by atoms with Crippen molar-refractivity contribution in [1.82, 2.24) is 5.32 Å². The Hall–Kier alpha value is -1.12. The SMILES string of the molecule is C=CCCC(O)CNC1(c2ccccc2)CCC1. The zero-order valence-electron chi connectivity index (χ0n) is 10.9. The van der Waals surface area contributed by atoms with Crippen LogP contribution in [0.25, 0.3) is 0 Å². The lowest BCUT2D eigenvalue weighted by atomic mass is 9.71. The summed E-state index contributed by atoms with van der Waals surface area (Å²) in [6.07, 6.45) is 6.87. The van der Waals surface area contributed by atoms with Crippen LogP contribution < -0.4 is 5.32 Å². The number of aliphatic hydroxyl groups excluding tert-OH is 1. The van der Waals surface area contributed by atoms with E-state index in [2.05, 4.69) is 42.2 Å². The molecule has 0 aliphatic heterocycles. The number of hydrogen-bond acceptors (Lipinski definition) is 2. The van der Waals surface area contributed by atoms with Crippen LogP contribution in [-0.2, 0) is 5.54 Å². The van der Waals surface area contributed by atoms with Gasteiger partial charge in [-0.25, -0.2) is 0 Å². The second kappa shape index (κ2) is 6.17. The third-order valence-corrected chi connectivity index (χ3v) is 3.91. The fourth-order valence-corrected chi connectivity index (χ4v) is 2.58. The van der Waals surface area contributed by atoms with Crippen molar-refractivity contribution in [3.63, 3.8) is 0 Å². The van der Waals surface area contributed by atoms with Gasteiger partial charge in [0.15, 0.2) is 0 Å². The molecule has 1 aliphatic rings. The summed E-state index contributed by atoms with van der Waals surface area (Å²) in [6, 6.07) is 10.6. The predicted octanol–water partition coefficient (Wildman–Crippen LogP) is 2.98. The summed E-state index contributed by atoms with van der Waals surface area (Å²) >= 11 is 0. The number of allylic oxidation sites excluding steroid dienone is 1. The van der Waals surface area contributed by atoms with Gasteiger partial charge in [-0.1, -0.05) is 36.4 Å². The monoisotopic (exact) mass is 245 g/mol. The number of hydrogen-bond donors (Lipinski definition) is 2. The minimum atomic E-state index is -0.274. The van der Waals surface area contributed by atoms with Crippen LogP contribution in [0, 0.1) is 0 Å². The van der Waals surface area contributed by atoms with E-state index < -0.39 is 0 Å². The third kappa shape index (κ3) is 3.01. The number of benzene rings is 1. The van der Waals surface area contributed by atoms with Crippen molar-refractivity contribution in [3.05, 3.63) is 48.6 Å². The van der Waals surface area contributed by atoms with E-state index in [4.69, 9.17) is 0 Å². The molecule has 0 bridgehead atoms. The molecule has 18 heavy (non-hydrogen) atoms. The Balaban J connectivity index is 1.91. The molecule has 1 atom stereocenters. The molecule has 1 fully saturated rings. The molecule has 0 amide bonds. The Morgan fingerprint density at radius 3 is 2.61 bits per heavy atom. The molecular formula is C16H23NO. The molecule has 2 rings (SSSR count). The van der Waals surface area contributed by atoms with Crippen LogP contribution in [0.5, 0.6) is 0 Å². The van der Waals surface area contributed by atoms with Gasteiger partial charge in [-0.2, -0.15) is 0 Å². The number of rotatable bonds is 7. The van der Waals surface area contributed by atoms with Gasteiger partial charge in [0.25, 0.3) is 0 Å². The van der Waals surface area contributed by atoms with Crippen LogP contribution in [0.15, 0.2) is 43.0 Å². The first kappa shape index (κ1) is 13.3. The maximum absolute atomic E-state index is 9.90. The molecule has 1 unspecified atom stereocenters. The van der Waals surface area contributed by atoms with Gasteiger partial charge in [0.05, 0.1) is 6.10 Å². The summed E-state index contributed by atoms with van der Waals surface area (Å²) in [5, 5.41) is 13.5. The molecule has 2 N–H and O–H groups in total. The molecule has 2 heteroatoms. The van der Waals surface area contributed by atoms with Crippen LogP contribution in [-0.4, -0.2) is 17.8 Å². The summed E-state index contributed by atoms with van der Waals surface area (Å²) in [6.45, 7) is 4.35. The largest absolute Gasteiger partial charge is 0.392 e. The average Bonchev–Trinajstić information content (AvgIpc) is 2.36. The van der Waals surface area contributed by atoms with Crippen LogP contribution in [0.2, 0.25) is 0 Å². The highest BCUT2D eigenvalue weighted by atomic mass is 16.3. The Bertz CT molecular complexity index is 370. The van der Waals surface area contributed by atoms with Gasteiger partial charge >= 0.3 is 0 Å². The summed E-state index contributed by atoms with van der Waals surface area (Å²) in [4.78, 5) is 0. The van der Waals surface area contributed by atoms with Gasteiger partial charge in [0.1, 0.15) is 0 Å². The third-order valence-electron chi connectivity index (χ3n) is 3.91. The van der Waals surface area contributed by atoms with Crippen molar-refractivity contribution in [2.24, 2.45) is 0 Å². The molecule has 1 aromatic carbocycles. The van der Waals surface area contributed by atoms with E-state index in [1.165, 1.54) is 24.8 Å². The molecular weight excluding hydrogens is 222 g/mol. The molecule has 1 aliphatic carbocycles. The van der Waals surface area contributed by atoms with Gasteiger partial charge in [0.2, 0.25) is 0 Å². The molecule has 1 saturated carbocycles. The van der Waals surface area contributed by atoms with Gasteiger partial charge < -0.3 is 10.4 Å². The van der Waals surface area contributed by atoms with Gasteiger partial charge in [-0.3, -0.25) is 0 Å². The second-order valence-electron chi connectivity index (χ2n) is 5.20. The molecule has 98 valence electrons. The minimum absolute atomic E-state index is 0.108. The van der Waals surface area contributed by atoms with E-state index in [1.54, 1.807) is 0 Å². The first-order valence-corrected chi connectivity index (χ1v) is 6.86. The summed E-state index contributed by atoms with van der Waals surface area (Å²) in [5.41, 5.74) is 1.46. The first-order chi connectivity index (χ1) is 8.77. The first-order valence-electron chi connectivity index (χ1n) is 6.86. The van der Waals surface area contributed by atoms with E-state index in [1.807, 2.05) is 6.08 Å². The predicted molar refractivity (Wildman–Crippen MR) is 75.4 cm³/mol. The normalized spacial score (nSPS) is 18.9. The van der Waals surface area contributed by atoms with Gasteiger partial charge in [-0.05, 0) is 37.7 Å². The highest BCUT2D eigenvalue weighted by molar-refractivity contribution is 5.26. The van der Waals surface area contributed by atoms with Crippen molar-refractivity contribution in [2.75, 3.05) is 6.54 Å². The molecule has 0 radical (unpaired) electrons. The lowest BCUT2D eigenvalue weighted by Gasteiger charge is -2.44. The van der Waals surface area contributed by atoms with Crippen molar-refractivity contribution >= 4 is 0 Å². The van der Waals surface area contributed by atoms with Crippen LogP contribution in [0.3, 0.4) is 0 Å².